The number of amides is 1. The lowest BCUT2D eigenvalue weighted by Crippen LogP contribution is -2.35. The predicted molar refractivity (Wildman–Crippen MR) is 103 cm³/mol. The Morgan fingerprint density at radius 1 is 1.23 bits per heavy atom. The number of aromatic nitrogens is 3. The number of carbonyl (C=O) groups is 1. The smallest absolute Gasteiger partial charge is 0.273 e. The van der Waals surface area contributed by atoms with Gasteiger partial charge in [0.2, 0.25) is 0 Å². The van der Waals surface area contributed by atoms with Crippen LogP contribution < -0.4 is 5.32 Å². The fourth-order valence-electron chi connectivity index (χ4n) is 3.52. The minimum Gasteiger partial charge on any atom is -0.351 e. The molecule has 1 fully saturated rings. The largest absolute Gasteiger partial charge is 0.351 e. The highest BCUT2D eigenvalue weighted by Crippen LogP contribution is 2.21. The van der Waals surface area contributed by atoms with Gasteiger partial charge in [-0.1, -0.05) is 42.2 Å². The zero-order chi connectivity index (χ0) is 18.4. The van der Waals surface area contributed by atoms with Gasteiger partial charge in [-0.05, 0) is 51.9 Å². The van der Waals surface area contributed by atoms with Crippen LogP contribution in [-0.4, -0.2) is 52.0 Å². The normalized spacial score (nSPS) is 15.3. The van der Waals surface area contributed by atoms with E-state index in [1.165, 1.54) is 37.7 Å². The zero-order valence-corrected chi connectivity index (χ0v) is 15.8. The summed E-state index contributed by atoms with van der Waals surface area (Å²) in [7, 11) is 2.20. The molecule has 1 N–H and O–H groups in total. The lowest BCUT2D eigenvalue weighted by molar-refractivity contribution is 0.0945. The Kier molecular flexibility index (Phi) is 6.39. The molecule has 1 heterocycles. The molecule has 0 saturated heterocycles. The van der Waals surface area contributed by atoms with E-state index in [4.69, 9.17) is 0 Å². The van der Waals surface area contributed by atoms with Gasteiger partial charge in [0.1, 0.15) is 0 Å². The van der Waals surface area contributed by atoms with Crippen molar-refractivity contribution >= 4 is 5.91 Å². The van der Waals surface area contributed by atoms with Gasteiger partial charge in [-0.25, -0.2) is 4.68 Å². The van der Waals surface area contributed by atoms with Crippen LogP contribution in [0.25, 0.3) is 5.69 Å². The number of nitrogens with one attached hydrogen (secondary N) is 1. The molecule has 1 saturated carbocycles. The molecule has 2 aromatic rings. The molecule has 1 amide bonds. The number of carbonyl (C=O) groups excluding carboxylic acids is 1. The number of hydrogen-bond donors (Lipinski definition) is 1. The van der Waals surface area contributed by atoms with Gasteiger partial charge in [-0.2, -0.15) is 0 Å². The van der Waals surface area contributed by atoms with E-state index in [0.29, 0.717) is 18.3 Å². The minimum absolute atomic E-state index is 0.163. The first-order chi connectivity index (χ1) is 12.6. The average Bonchev–Trinajstić information content (AvgIpc) is 3.16. The van der Waals surface area contributed by atoms with Crippen molar-refractivity contribution in [3.05, 3.63) is 41.7 Å². The topological polar surface area (TPSA) is 63.1 Å². The highest BCUT2D eigenvalue weighted by Gasteiger charge is 2.17. The molecule has 3 rings (SSSR count). The van der Waals surface area contributed by atoms with E-state index in [9.17, 15) is 4.79 Å². The first-order valence-electron chi connectivity index (χ1n) is 9.61. The second-order valence-electron chi connectivity index (χ2n) is 7.27. The predicted octanol–water partition coefficient (Wildman–Crippen LogP) is 2.96. The molecule has 6 heteroatoms. The van der Waals surface area contributed by atoms with Crippen LogP contribution in [0.4, 0.5) is 0 Å². The van der Waals surface area contributed by atoms with Gasteiger partial charge in [-0.15, -0.1) is 5.10 Å². The van der Waals surface area contributed by atoms with Crippen molar-refractivity contribution in [3.8, 4) is 5.69 Å². The summed E-state index contributed by atoms with van der Waals surface area (Å²) in [5.74, 6) is -0.163. The summed E-state index contributed by atoms with van der Waals surface area (Å²) in [5.41, 5.74) is 2.44. The fourth-order valence-corrected chi connectivity index (χ4v) is 3.52. The SMILES string of the molecule is Cc1ccc(-n2cc(C(=O)NCCCN(C)C3CCCCC3)nn2)cc1. The molecule has 0 unspecified atom stereocenters. The van der Waals surface area contributed by atoms with Crippen LogP contribution in [0.5, 0.6) is 0 Å². The second-order valence-corrected chi connectivity index (χ2v) is 7.27. The van der Waals surface area contributed by atoms with Crippen molar-refractivity contribution in [1.29, 1.82) is 0 Å². The molecule has 1 aromatic heterocycles. The molecule has 0 atom stereocenters. The molecule has 1 aliphatic rings. The lowest BCUT2D eigenvalue weighted by atomic mass is 9.94. The number of rotatable bonds is 7. The first-order valence-corrected chi connectivity index (χ1v) is 9.61. The molecule has 140 valence electrons. The molecule has 26 heavy (non-hydrogen) atoms. The van der Waals surface area contributed by atoms with E-state index in [0.717, 1.165) is 18.7 Å². The second kappa shape index (κ2) is 8.94. The van der Waals surface area contributed by atoms with Crippen molar-refractivity contribution in [1.82, 2.24) is 25.2 Å². The summed E-state index contributed by atoms with van der Waals surface area (Å²) in [4.78, 5) is 14.7. The van der Waals surface area contributed by atoms with Gasteiger partial charge >= 0.3 is 0 Å². The number of benzene rings is 1. The number of nitrogens with zero attached hydrogens (tertiary/aromatic N) is 4. The van der Waals surface area contributed by atoms with Crippen molar-refractivity contribution in [2.45, 2.75) is 51.5 Å². The van der Waals surface area contributed by atoms with Gasteiger partial charge in [0.15, 0.2) is 5.69 Å². The molecule has 6 nitrogen and oxygen atoms in total. The van der Waals surface area contributed by atoms with Crippen molar-refractivity contribution in [3.63, 3.8) is 0 Å². The summed E-state index contributed by atoms with van der Waals surface area (Å²) in [6, 6.07) is 8.67. The van der Waals surface area contributed by atoms with Gasteiger partial charge < -0.3 is 10.2 Å². The van der Waals surface area contributed by atoms with E-state index in [1.807, 2.05) is 31.2 Å². The number of hydrogen-bond acceptors (Lipinski definition) is 4. The Hall–Kier alpha value is -2.21. The summed E-state index contributed by atoms with van der Waals surface area (Å²) in [6.45, 7) is 3.71. The molecular formula is C20H29N5O. The van der Waals surface area contributed by atoms with Gasteiger partial charge in [0.25, 0.3) is 5.91 Å². The third-order valence-corrected chi connectivity index (χ3v) is 5.20. The van der Waals surface area contributed by atoms with Crippen LogP contribution in [0.1, 0.15) is 54.6 Å². The minimum atomic E-state index is -0.163. The average molecular weight is 355 g/mol. The lowest BCUT2D eigenvalue weighted by Gasteiger charge is -2.31. The number of aryl methyl sites for hydroxylation is 1. The zero-order valence-electron chi connectivity index (χ0n) is 15.8. The van der Waals surface area contributed by atoms with Gasteiger partial charge in [-0.3, -0.25) is 4.79 Å². The standard InChI is InChI=1S/C20H29N5O/c1-16-9-11-18(12-10-16)25-15-19(22-23-25)20(26)21-13-6-14-24(2)17-7-4-3-5-8-17/h9-12,15,17H,3-8,13-14H2,1-2H3,(H,21,26). The Balaban J connectivity index is 1.43. The van der Waals surface area contributed by atoms with E-state index >= 15 is 0 Å². The first kappa shape index (κ1) is 18.6. The Morgan fingerprint density at radius 2 is 1.96 bits per heavy atom. The fraction of sp³-hybridized carbons (Fsp3) is 0.550. The van der Waals surface area contributed by atoms with Crippen LogP contribution in [0.3, 0.4) is 0 Å². The molecule has 1 aromatic carbocycles. The third kappa shape index (κ3) is 4.91. The van der Waals surface area contributed by atoms with Crippen LogP contribution >= 0.6 is 0 Å². The Bertz CT molecular complexity index is 703. The summed E-state index contributed by atoms with van der Waals surface area (Å²) >= 11 is 0. The van der Waals surface area contributed by atoms with E-state index in [1.54, 1.807) is 10.9 Å². The van der Waals surface area contributed by atoms with Crippen molar-refractivity contribution in [2.24, 2.45) is 0 Å². The van der Waals surface area contributed by atoms with Crippen molar-refractivity contribution < 1.29 is 4.79 Å². The summed E-state index contributed by atoms with van der Waals surface area (Å²) in [5, 5.41) is 11.0. The van der Waals surface area contributed by atoms with Gasteiger partial charge in [0, 0.05) is 12.6 Å². The quantitative estimate of drug-likeness (QED) is 0.776. The van der Waals surface area contributed by atoms with E-state index in [-0.39, 0.29) is 5.91 Å². The molecule has 0 radical (unpaired) electrons. The summed E-state index contributed by atoms with van der Waals surface area (Å²) in [6.07, 6.45) is 9.32. The van der Waals surface area contributed by atoms with E-state index in [2.05, 4.69) is 27.6 Å². The maximum Gasteiger partial charge on any atom is 0.273 e. The third-order valence-electron chi connectivity index (χ3n) is 5.20. The maximum atomic E-state index is 12.2. The van der Waals surface area contributed by atoms with E-state index < -0.39 is 0 Å². The molecule has 1 aliphatic carbocycles. The van der Waals surface area contributed by atoms with Gasteiger partial charge in [0.05, 0.1) is 11.9 Å². The molecule has 0 bridgehead atoms. The molecular weight excluding hydrogens is 326 g/mol. The molecule has 0 aliphatic heterocycles. The van der Waals surface area contributed by atoms with Crippen LogP contribution in [-0.2, 0) is 0 Å². The highest BCUT2D eigenvalue weighted by atomic mass is 16.2. The van der Waals surface area contributed by atoms with Crippen LogP contribution in [0, 0.1) is 6.92 Å². The Morgan fingerprint density at radius 3 is 2.69 bits per heavy atom. The maximum absolute atomic E-state index is 12.2. The van der Waals surface area contributed by atoms with Crippen molar-refractivity contribution in [2.75, 3.05) is 20.1 Å². The van der Waals surface area contributed by atoms with Crippen LogP contribution in [0.15, 0.2) is 30.5 Å². The molecule has 0 spiro atoms. The summed E-state index contributed by atoms with van der Waals surface area (Å²) < 4.78 is 1.63. The Labute approximate surface area is 155 Å². The monoisotopic (exact) mass is 355 g/mol. The van der Waals surface area contributed by atoms with Crippen LogP contribution in [0.2, 0.25) is 0 Å². The highest BCUT2D eigenvalue weighted by molar-refractivity contribution is 5.91.